The summed E-state index contributed by atoms with van der Waals surface area (Å²) in [5.41, 5.74) is 5.34. The summed E-state index contributed by atoms with van der Waals surface area (Å²) in [7, 11) is 0. The maximum absolute atomic E-state index is 10.4. The second-order valence-electron chi connectivity index (χ2n) is 4.17. The third-order valence-corrected chi connectivity index (χ3v) is 2.72. The lowest BCUT2D eigenvalue weighted by Crippen LogP contribution is -2.37. The van der Waals surface area contributed by atoms with Gasteiger partial charge >= 0.3 is 5.97 Å². The number of rotatable bonds is 4. The molecule has 1 aliphatic rings. The molecule has 1 saturated carbocycles. The number of carboxylic acids is 1. The van der Waals surface area contributed by atoms with E-state index in [0.717, 1.165) is 12.8 Å². The largest absolute Gasteiger partial charge is 0.480 e. The first-order chi connectivity index (χ1) is 6.59. The number of hydrogen-bond acceptors (Lipinski definition) is 3. The molecule has 0 spiro atoms. The molecule has 4 heteroatoms. The maximum atomic E-state index is 10.4. The maximum Gasteiger partial charge on any atom is 0.322 e. The lowest BCUT2D eigenvalue weighted by Gasteiger charge is -2.27. The van der Waals surface area contributed by atoms with Crippen LogP contribution >= 0.6 is 0 Å². The summed E-state index contributed by atoms with van der Waals surface area (Å²) < 4.78 is 5.47. The van der Waals surface area contributed by atoms with Gasteiger partial charge in [0.05, 0.1) is 12.7 Å². The monoisotopic (exact) mass is 201 g/mol. The first-order valence-corrected chi connectivity index (χ1v) is 5.19. The van der Waals surface area contributed by atoms with Gasteiger partial charge in [0.15, 0.2) is 0 Å². The van der Waals surface area contributed by atoms with Crippen molar-refractivity contribution in [2.24, 2.45) is 11.7 Å². The zero-order chi connectivity index (χ0) is 10.6. The normalized spacial score (nSPS) is 29.9. The standard InChI is InChI=1S/C10H19NO3/c1-7-3-2-4-8(5-7)14-6-9(11)10(12)13/h7-9H,2-6,11H2,1H3,(H,12,13). The molecular formula is C10H19NO3. The molecule has 14 heavy (non-hydrogen) atoms. The predicted octanol–water partition coefficient (Wildman–Crippen LogP) is 0.994. The van der Waals surface area contributed by atoms with Crippen LogP contribution in [0.2, 0.25) is 0 Å². The first kappa shape index (κ1) is 11.5. The van der Waals surface area contributed by atoms with Gasteiger partial charge in [0.25, 0.3) is 0 Å². The van der Waals surface area contributed by atoms with Gasteiger partial charge in [-0.2, -0.15) is 0 Å². The Morgan fingerprint density at radius 1 is 1.64 bits per heavy atom. The minimum absolute atomic E-state index is 0.132. The van der Waals surface area contributed by atoms with E-state index in [1.54, 1.807) is 0 Å². The molecule has 1 rings (SSSR count). The van der Waals surface area contributed by atoms with E-state index < -0.39 is 12.0 Å². The second-order valence-corrected chi connectivity index (χ2v) is 4.17. The Balaban J connectivity index is 2.20. The Morgan fingerprint density at radius 2 is 2.36 bits per heavy atom. The van der Waals surface area contributed by atoms with Crippen LogP contribution in [0.3, 0.4) is 0 Å². The molecule has 3 N–H and O–H groups in total. The number of carbonyl (C=O) groups is 1. The number of carboxylic acid groups (broad SMARTS) is 1. The molecule has 1 aliphatic carbocycles. The van der Waals surface area contributed by atoms with Gasteiger partial charge in [0, 0.05) is 0 Å². The van der Waals surface area contributed by atoms with Gasteiger partial charge in [0.1, 0.15) is 6.04 Å². The Bertz CT molecular complexity index is 196. The van der Waals surface area contributed by atoms with Crippen molar-refractivity contribution in [3.05, 3.63) is 0 Å². The van der Waals surface area contributed by atoms with E-state index in [-0.39, 0.29) is 12.7 Å². The lowest BCUT2D eigenvalue weighted by molar-refractivity contribution is -0.140. The Hall–Kier alpha value is -0.610. The van der Waals surface area contributed by atoms with Crippen LogP contribution in [0.25, 0.3) is 0 Å². The van der Waals surface area contributed by atoms with Crippen molar-refractivity contribution in [2.45, 2.75) is 44.8 Å². The highest BCUT2D eigenvalue weighted by molar-refractivity contribution is 5.73. The molecule has 3 atom stereocenters. The van der Waals surface area contributed by atoms with E-state index in [1.807, 2.05) is 0 Å². The van der Waals surface area contributed by atoms with Crippen molar-refractivity contribution >= 4 is 5.97 Å². The van der Waals surface area contributed by atoms with Gasteiger partial charge in [-0.15, -0.1) is 0 Å². The van der Waals surface area contributed by atoms with Crippen LogP contribution in [0.1, 0.15) is 32.6 Å². The van der Waals surface area contributed by atoms with Crippen LogP contribution in [0.4, 0.5) is 0 Å². The Kier molecular flexibility index (Phi) is 4.35. The summed E-state index contributed by atoms with van der Waals surface area (Å²) in [5.74, 6) is -0.302. The molecule has 0 amide bonds. The van der Waals surface area contributed by atoms with Gasteiger partial charge < -0.3 is 15.6 Å². The van der Waals surface area contributed by atoms with Gasteiger partial charge in [-0.1, -0.05) is 19.8 Å². The van der Waals surface area contributed by atoms with Crippen LogP contribution in [0.15, 0.2) is 0 Å². The summed E-state index contributed by atoms with van der Waals surface area (Å²) >= 11 is 0. The van der Waals surface area contributed by atoms with E-state index in [1.165, 1.54) is 12.8 Å². The van der Waals surface area contributed by atoms with E-state index in [2.05, 4.69) is 6.92 Å². The zero-order valence-electron chi connectivity index (χ0n) is 8.61. The Labute approximate surface area is 84.4 Å². The quantitative estimate of drug-likeness (QED) is 0.711. The number of hydrogen-bond donors (Lipinski definition) is 2. The Morgan fingerprint density at radius 3 is 2.93 bits per heavy atom. The van der Waals surface area contributed by atoms with E-state index in [9.17, 15) is 4.79 Å². The summed E-state index contributed by atoms with van der Waals surface area (Å²) in [6, 6.07) is -0.882. The topological polar surface area (TPSA) is 72.5 Å². The van der Waals surface area contributed by atoms with Gasteiger partial charge in [-0.3, -0.25) is 4.79 Å². The molecule has 4 nitrogen and oxygen atoms in total. The van der Waals surface area contributed by atoms with Crippen LogP contribution in [0.5, 0.6) is 0 Å². The predicted molar refractivity (Wildman–Crippen MR) is 53.0 cm³/mol. The molecule has 0 bridgehead atoms. The van der Waals surface area contributed by atoms with Gasteiger partial charge in [-0.05, 0) is 18.8 Å². The van der Waals surface area contributed by atoms with Crippen LogP contribution in [0, 0.1) is 5.92 Å². The molecular weight excluding hydrogens is 182 g/mol. The molecule has 0 aromatic carbocycles. The summed E-state index contributed by atoms with van der Waals surface area (Å²) in [5, 5.41) is 8.56. The summed E-state index contributed by atoms with van der Waals surface area (Å²) in [6.45, 7) is 2.33. The highest BCUT2D eigenvalue weighted by atomic mass is 16.5. The fourth-order valence-corrected chi connectivity index (χ4v) is 1.84. The average Bonchev–Trinajstić information content (AvgIpc) is 2.14. The van der Waals surface area contributed by atoms with E-state index in [0.29, 0.717) is 5.92 Å². The summed E-state index contributed by atoms with van der Waals surface area (Å²) in [6.07, 6.45) is 4.71. The third kappa shape index (κ3) is 3.64. The molecule has 0 aromatic heterocycles. The fraction of sp³-hybridized carbons (Fsp3) is 0.900. The van der Waals surface area contributed by atoms with Crippen molar-refractivity contribution < 1.29 is 14.6 Å². The SMILES string of the molecule is CC1CCCC(OCC(N)C(=O)O)C1. The van der Waals surface area contributed by atoms with Crippen molar-refractivity contribution in [1.82, 2.24) is 0 Å². The molecule has 0 aliphatic heterocycles. The van der Waals surface area contributed by atoms with E-state index >= 15 is 0 Å². The second kappa shape index (κ2) is 5.32. The molecule has 3 unspecified atom stereocenters. The molecule has 0 saturated heterocycles. The minimum atomic E-state index is -0.992. The molecule has 0 heterocycles. The number of aliphatic carboxylic acids is 1. The van der Waals surface area contributed by atoms with E-state index in [4.69, 9.17) is 15.6 Å². The fourth-order valence-electron chi connectivity index (χ4n) is 1.84. The highest BCUT2D eigenvalue weighted by Gasteiger charge is 2.21. The molecule has 0 radical (unpaired) electrons. The van der Waals surface area contributed by atoms with Crippen LogP contribution in [-0.4, -0.2) is 29.8 Å². The average molecular weight is 201 g/mol. The number of nitrogens with two attached hydrogens (primary N) is 1. The van der Waals surface area contributed by atoms with Crippen LogP contribution < -0.4 is 5.73 Å². The smallest absolute Gasteiger partial charge is 0.322 e. The molecule has 0 aromatic rings. The lowest BCUT2D eigenvalue weighted by atomic mass is 9.89. The molecule has 82 valence electrons. The van der Waals surface area contributed by atoms with Crippen molar-refractivity contribution in [3.63, 3.8) is 0 Å². The van der Waals surface area contributed by atoms with Crippen molar-refractivity contribution in [2.75, 3.05) is 6.61 Å². The number of ether oxygens (including phenoxy) is 1. The van der Waals surface area contributed by atoms with Gasteiger partial charge in [-0.25, -0.2) is 0 Å². The van der Waals surface area contributed by atoms with Crippen LogP contribution in [-0.2, 0) is 9.53 Å². The first-order valence-electron chi connectivity index (χ1n) is 5.19. The van der Waals surface area contributed by atoms with Crippen molar-refractivity contribution in [3.8, 4) is 0 Å². The third-order valence-electron chi connectivity index (χ3n) is 2.72. The summed E-state index contributed by atoms with van der Waals surface area (Å²) in [4.78, 5) is 10.4. The van der Waals surface area contributed by atoms with Gasteiger partial charge in [0.2, 0.25) is 0 Å². The zero-order valence-corrected chi connectivity index (χ0v) is 8.61. The minimum Gasteiger partial charge on any atom is -0.480 e. The van der Waals surface area contributed by atoms with Crippen molar-refractivity contribution in [1.29, 1.82) is 0 Å². The highest BCUT2D eigenvalue weighted by Crippen LogP contribution is 2.25. The molecule has 1 fully saturated rings.